The molecule has 5 nitrogen and oxygen atoms in total. The summed E-state index contributed by atoms with van der Waals surface area (Å²) in [6, 6.07) is 1.80. The number of carbonyl (C=O) groups is 1. The molecule has 1 rings (SSSR count). The van der Waals surface area contributed by atoms with E-state index in [9.17, 15) is 4.79 Å². The van der Waals surface area contributed by atoms with Crippen molar-refractivity contribution in [3.63, 3.8) is 0 Å². The molecule has 0 unspecified atom stereocenters. The second-order valence-corrected chi connectivity index (χ2v) is 3.35. The van der Waals surface area contributed by atoms with Gasteiger partial charge in [0.05, 0.1) is 5.69 Å². The van der Waals surface area contributed by atoms with Crippen molar-refractivity contribution in [2.45, 2.75) is 20.4 Å². The smallest absolute Gasteiger partial charge is 0.269 e. The molecule has 0 aliphatic heterocycles. The number of hydrogen-bond donors (Lipinski definition) is 2. The molecule has 0 bridgehead atoms. The molecule has 0 saturated heterocycles. The minimum atomic E-state index is -0.0623. The Morgan fingerprint density at radius 3 is 2.87 bits per heavy atom. The number of nitrogens with one attached hydrogen (secondary N) is 2. The van der Waals surface area contributed by atoms with Gasteiger partial charge in [0.2, 0.25) is 0 Å². The summed E-state index contributed by atoms with van der Waals surface area (Å²) in [7, 11) is 1.85. The highest BCUT2D eigenvalue weighted by molar-refractivity contribution is 5.92. The standard InChI is InChI=1S/C10H18N4O/c1-4-14-9(7-8(2)13-14)10(15)12-6-5-11-3/h7,11H,4-6H2,1-3H3,(H,12,15). The fourth-order valence-corrected chi connectivity index (χ4v) is 1.36. The summed E-state index contributed by atoms with van der Waals surface area (Å²) in [5.74, 6) is -0.0623. The molecule has 0 atom stereocenters. The van der Waals surface area contributed by atoms with E-state index in [0.29, 0.717) is 18.8 Å². The van der Waals surface area contributed by atoms with E-state index in [-0.39, 0.29) is 5.91 Å². The van der Waals surface area contributed by atoms with E-state index in [1.807, 2.05) is 20.9 Å². The van der Waals surface area contributed by atoms with Crippen molar-refractivity contribution in [3.8, 4) is 0 Å². The van der Waals surface area contributed by atoms with Crippen LogP contribution in [-0.2, 0) is 6.54 Å². The molecule has 0 aliphatic carbocycles. The maximum Gasteiger partial charge on any atom is 0.269 e. The van der Waals surface area contributed by atoms with Crippen LogP contribution in [0.5, 0.6) is 0 Å². The summed E-state index contributed by atoms with van der Waals surface area (Å²) < 4.78 is 1.71. The molecule has 0 aromatic carbocycles. The van der Waals surface area contributed by atoms with Crippen LogP contribution < -0.4 is 10.6 Å². The second-order valence-electron chi connectivity index (χ2n) is 3.35. The second kappa shape index (κ2) is 5.50. The van der Waals surface area contributed by atoms with E-state index in [4.69, 9.17) is 0 Å². The van der Waals surface area contributed by atoms with E-state index < -0.39 is 0 Å². The van der Waals surface area contributed by atoms with E-state index in [1.54, 1.807) is 10.7 Å². The van der Waals surface area contributed by atoms with Gasteiger partial charge in [-0.2, -0.15) is 5.10 Å². The first-order valence-electron chi connectivity index (χ1n) is 5.16. The molecule has 1 heterocycles. The summed E-state index contributed by atoms with van der Waals surface area (Å²) in [4.78, 5) is 11.7. The Bertz CT molecular complexity index is 332. The van der Waals surface area contributed by atoms with Gasteiger partial charge in [-0.15, -0.1) is 0 Å². The molecule has 0 aliphatic rings. The van der Waals surface area contributed by atoms with Crippen LogP contribution in [0.1, 0.15) is 23.1 Å². The first-order chi connectivity index (χ1) is 7.19. The van der Waals surface area contributed by atoms with Crippen molar-refractivity contribution in [1.29, 1.82) is 0 Å². The zero-order valence-electron chi connectivity index (χ0n) is 9.50. The lowest BCUT2D eigenvalue weighted by atomic mass is 10.3. The Hall–Kier alpha value is -1.36. The maximum atomic E-state index is 11.7. The monoisotopic (exact) mass is 210 g/mol. The van der Waals surface area contributed by atoms with Gasteiger partial charge >= 0.3 is 0 Å². The summed E-state index contributed by atoms with van der Waals surface area (Å²) in [5.41, 5.74) is 1.50. The van der Waals surface area contributed by atoms with Crippen LogP contribution in [0.15, 0.2) is 6.07 Å². The number of likely N-dealkylation sites (N-methyl/N-ethyl adjacent to an activating group) is 1. The molecular weight excluding hydrogens is 192 g/mol. The number of carbonyl (C=O) groups excluding carboxylic acids is 1. The van der Waals surface area contributed by atoms with Crippen LogP contribution in [-0.4, -0.2) is 35.8 Å². The van der Waals surface area contributed by atoms with Gasteiger partial charge < -0.3 is 10.6 Å². The van der Waals surface area contributed by atoms with Crippen molar-refractivity contribution in [2.24, 2.45) is 0 Å². The Balaban J connectivity index is 2.64. The van der Waals surface area contributed by atoms with Gasteiger partial charge in [-0.3, -0.25) is 9.48 Å². The SMILES string of the molecule is CCn1nc(C)cc1C(=O)NCCNC. The number of hydrogen-bond acceptors (Lipinski definition) is 3. The van der Waals surface area contributed by atoms with Gasteiger partial charge in [0.1, 0.15) is 5.69 Å². The quantitative estimate of drug-likeness (QED) is 0.681. The molecule has 0 saturated carbocycles. The third-order valence-corrected chi connectivity index (χ3v) is 2.09. The van der Waals surface area contributed by atoms with Gasteiger partial charge in [-0.05, 0) is 27.0 Å². The third-order valence-electron chi connectivity index (χ3n) is 2.09. The molecule has 15 heavy (non-hydrogen) atoms. The summed E-state index contributed by atoms with van der Waals surface area (Å²) in [6.07, 6.45) is 0. The molecule has 84 valence electrons. The molecule has 0 spiro atoms. The number of aryl methyl sites for hydroxylation is 2. The third kappa shape index (κ3) is 3.06. The average molecular weight is 210 g/mol. The van der Waals surface area contributed by atoms with Crippen molar-refractivity contribution < 1.29 is 4.79 Å². The molecule has 0 fully saturated rings. The molecule has 2 N–H and O–H groups in total. The van der Waals surface area contributed by atoms with Crippen LogP contribution in [0.2, 0.25) is 0 Å². The molecule has 1 amide bonds. The lowest BCUT2D eigenvalue weighted by molar-refractivity contribution is 0.0943. The molecule has 1 aromatic rings. The minimum Gasteiger partial charge on any atom is -0.349 e. The van der Waals surface area contributed by atoms with Crippen molar-refractivity contribution in [2.75, 3.05) is 20.1 Å². The number of rotatable bonds is 5. The van der Waals surface area contributed by atoms with E-state index in [0.717, 1.165) is 12.2 Å². The lowest BCUT2D eigenvalue weighted by Crippen LogP contribution is -2.31. The van der Waals surface area contributed by atoms with Crippen LogP contribution in [0.4, 0.5) is 0 Å². The van der Waals surface area contributed by atoms with Crippen LogP contribution in [0.25, 0.3) is 0 Å². The topological polar surface area (TPSA) is 59.0 Å². The maximum absolute atomic E-state index is 11.7. The van der Waals surface area contributed by atoms with Gasteiger partial charge in [0.25, 0.3) is 5.91 Å². The Kier molecular flexibility index (Phi) is 4.30. The molecule has 5 heteroatoms. The highest BCUT2D eigenvalue weighted by atomic mass is 16.2. The molecule has 0 radical (unpaired) electrons. The number of amides is 1. The Morgan fingerprint density at radius 2 is 2.27 bits per heavy atom. The highest BCUT2D eigenvalue weighted by Gasteiger charge is 2.11. The first kappa shape index (κ1) is 11.7. The van der Waals surface area contributed by atoms with Crippen molar-refractivity contribution >= 4 is 5.91 Å². The minimum absolute atomic E-state index is 0.0623. The van der Waals surface area contributed by atoms with E-state index in [2.05, 4.69) is 15.7 Å². The van der Waals surface area contributed by atoms with Crippen LogP contribution in [0, 0.1) is 6.92 Å². The van der Waals surface area contributed by atoms with Gasteiger partial charge in [0.15, 0.2) is 0 Å². The summed E-state index contributed by atoms with van der Waals surface area (Å²) >= 11 is 0. The normalized spacial score (nSPS) is 10.3. The number of nitrogens with zero attached hydrogens (tertiary/aromatic N) is 2. The van der Waals surface area contributed by atoms with Crippen molar-refractivity contribution in [1.82, 2.24) is 20.4 Å². The highest BCUT2D eigenvalue weighted by Crippen LogP contribution is 2.03. The predicted molar refractivity (Wildman–Crippen MR) is 58.9 cm³/mol. The lowest BCUT2D eigenvalue weighted by Gasteiger charge is -2.05. The van der Waals surface area contributed by atoms with Gasteiger partial charge in [0, 0.05) is 19.6 Å². The average Bonchev–Trinajstić information content (AvgIpc) is 2.60. The molecule has 1 aromatic heterocycles. The fourth-order valence-electron chi connectivity index (χ4n) is 1.36. The van der Waals surface area contributed by atoms with Crippen LogP contribution in [0.3, 0.4) is 0 Å². The van der Waals surface area contributed by atoms with Gasteiger partial charge in [-0.25, -0.2) is 0 Å². The summed E-state index contributed by atoms with van der Waals surface area (Å²) in [6.45, 7) is 5.96. The first-order valence-corrected chi connectivity index (χ1v) is 5.16. The van der Waals surface area contributed by atoms with E-state index >= 15 is 0 Å². The fraction of sp³-hybridized carbons (Fsp3) is 0.600. The molecular formula is C10H18N4O. The number of aromatic nitrogens is 2. The zero-order valence-corrected chi connectivity index (χ0v) is 9.50. The van der Waals surface area contributed by atoms with Crippen LogP contribution >= 0.6 is 0 Å². The summed E-state index contributed by atoms with van der Waals surface area (Å²) in [5, 5.41) is 10.0. The predicted octanol–water partition coefficient (Wildman–Crippen LogP) is 0.161. The zero-order chi connectivity index (χ0) is 11.3. The van der Waals surface area contributed by atoms with Gasteiger partial charge in [-0.1, -0.05) is 0 Å². The Morgan fingerprint density at radius 1 is 1.53 bits per heavy atom. The Labute approximate surface area is 89.9 Å². The van der Waals surface area contributed by atoms with E-state index in [1.165, 1.54) is 0 Å². The largest absolute Gasteiger partial charge is 0.349 e. The van der Waals surface area contributed by atoms with Crippen molar-refractivity contribution in [3.05, 3.63) is 17.5 Å².